The molecule has 3 aromatic rings. The number of nitrogens with two attached hydrogens (primary N) is 1. The maximum Gasteiger partial charge on any atom is 0.259 e. The van der Waals surface area contributed by atoms with E-state index in [-0.39, 0.29) is 23.8 Å². The fraction of sp³-hybridized carbons (Fsp3) is 0.0500. The Balaban J connectivity index is 1.91. The van der Waals surface area contributed by atoms with Crippen molar-refractivity contribution in [3.8, 4) is 6.07 Å². The number of aromatic nitrogens is 1. The third-order valence-corrected chi connectivity index (χ3v) is 3.95. The van der Waals surface area contributed by atoms with E-state index >= 15 is 0 Å². The molecule has 1 aromatic heterocycles. The molecule has 3 N–H and O–H groups in total. The van der Waals surface area contributed by atoms with E-state index in [0.29, 0.717) is 11.3 Å². The first-order valence-electron chi connectivity index (χ1n) is 8.03. The quantitative estimate of drug-likeness (QED) is 0.539. The van der Waals surface area contributed by atoms with E-state index in [4.69, 9.17) is 11.0 Å². The van der Waals surface area contributed by atoms with Gasteiger partial charge in [0.2, 0.25) is 5.91 Å². The SMILES string of the molecule is N#CC(=Cc1cn(CC(=O)Nc2ccc(F)cc2)c2ccccc12)C(N)=O. The van der Waals surface area contributed by atoms with Crippen LogP contribution in [0, 0.1) is 17.1 Å². The van der Waals surface area contributed by atoms with E-state index in [1.54, 1.807) is 16.8 Å². The van der Waals surface area contributed by atoms with Gasteiger partial charge >= 0.3 is 0 Å². The monoisotopic (exact) mass is 362 g/mol. The molecule has 134 valence electrons. The molecular weight excluding hydrogens is 347 g/mol. The lowest BCUT2D eigenvalue weighted by Crippen LogP contribution is -2.18. The average Bonchev–Trinajstić information content (AvgIpc) is 2.99. The Hall–Kier alpha value is -3.92. The number of benzene rings is 2. The standard InChI is InChI=1S/C20H15FN4O2/c21-15-5-7-16(8-6-15)24-19(26)12-25-11-14(9-13(10-22)20(23)27)17-3-1-2-4-18(17)25/h1-9,11H,12H2,(H2,23,27)(H,24,26). The number of nitrogens with zero attached hydrogens (tertiary/aromatic N) is 2. The van der Waals surface area contributed by atoms with Gasteiger partial charge in [-0.2, -0.15) is 5.26 Å². The number of fused-ring (bicyclic) bond motifs is 1. The van der Waals surface area contributed by atoms with Crippen LogP contribution in [0.1, 0.15) is 5.56 Å². The van der Waals surface area contributed by atoms with Crippen LogP contribution in [0.5, 0.6) is 0 Å². The first kappa shape index (κ1) is 17.9. The molecule has 0 spiro atoms. The number of hydrogen-bond acceptors (Lipinski definition) is 3. The topological polar surface area (TPSA) is 101 Å². The van der Waals surface area contributed by atoms with Crippen LogP contribution < -0.4 is 11.1 Å². The molecule has 0 atom stereocenters. The summed E-state index contributed by atoms with van der Waals surface area (Å²) in [5.74, 6) is -1.50. The molecule has 0 radical (unpaired) electrons. The first-order valence-corrected chi connectivity index (χ1v) is 8.03. The highest BCUT2D eigenvalue weighted by Crippen LogP contribution is 2.23. The largest absolute Gasteiger partial charge is 0.365 e. The molecule has 1 heterocycles. The maximum atomic E-state index is 13.0. The molecular formula is C20H15FN4O2. The molecule has 2 amide bonds. The summed E-state index contributed by atoms with van der Waals surface area (Å²) in [6.07, 6.45) is 3.08. The Bertz CT molecular complexity index is 1090. The summed E-state index contributed by atoms with van der Waals surface area (Å²) in [5.41, 5.74) is 6.88. The maximum absolute atomic E-state index is 13.0. The summed E-state index contributed by atoms with van der Waals surface area (Å²) < 4.78 is 14.7. The third-order valence-electron chi connectivity index (χ3n) is 3.95. The van der Waals surface area contributed by atoms with Crippen molar-refractivity contribution in [3.63, 3.8) is 0 Å². The smallest absolute Gasteiger partial charge is 0.259 e. The van der Waals surface area contributed by atoms with Gasteiger partial charge < -0.3 is 15.6 Å². The summed E-state index contributed by atoms with van der Waals surface area (Å²) in [6, 6.07) is 14.5. The second kappa shape index (κ2) is 7.54. The van der Waals surface area contributed by atoms with Crippen LogP contribution in [0.3, 0.4) is 0 Å². The number of amides is 2. The van der Waals surface area contributed by atoms with E-state index in [1.165, 1.54) is 30.3 Å². The van der Waals surface area contributed by atoms with E-state index in [9.17, 15) is 14.0 Å². The Labute approximate surface area is 154 Å². The number of para-hydroxylation sites is 1. The predicted octanol–water partition coefficient (Wildman–Crippen LogP) is 2.81. The highest BCUT2D eigenvalue weighted by Gasteiger charge is 2.12. The van der Waals surface area contributed by atoms with Crippen molar-refractivity contribution in [2.45, 2.75) is 6.54 Å². The summed E-state index contributed by atoms with van der Waals surface area (Å²) in [5, 5.41) is 12.5. The molecule has 0 bridgehead atoms. The predicted molar refractivity (Wildman–Crippen MR) is 99.8 cm³/mol. The van der Waals surface area contributed by atoms with Crippen LogP contribution in [-0.2, 0) is 16.1 Å². The second-order valence-corrected chi connectivity index (χ2v) is 5.82. The lowest BCUT2D eigenvalue weighted by atomic mass is 10.1. The lowest BCUT2D eigenvalue weighted by molar-refractivity contribution is -0.116. The number of nitriles is 1. The van der Waals surface area contributed by atoms with Gasteiger partial charge in [-0.05, 0) is 36.4 Å². The zero-order chi connectivity index (χ0) is 19.4. The Morgan fingerprint density at radius 2 is 1.89 bits per heavy atom. The Kier molecular flexibility index (Phi) is 4.99. The van der Waals surface area contributed by atoms with Crippen molar-refractivity contribution in [3.05, 3.63) is 71.7 Å². The van der Waals surface area contributed by atoms with Crippen molar-refractivity contribution in [2.75, 3.05) is 5.32 Å². The van der Waals surface area contributed by atoms with Crippen molar-refractivity contribution in [1.82, 2.24) is 4.57 Å². The van der Waals surface area contributed by atoms with Gasteiger partial charge in [0, 0.05) is 28.4 Å². The van der Waals surface area contributed by atoms with Crippen molar-refractivity contribution < 1.29 is 14.0 Å². The fourth-order valence-electron chi connectivity index (χ4n) is 2.72. The van der Waals surface area contributed by atoms with Gasteiger partial charge in [-0.15, -0.1) is 0 Å². The third kappa shape index (κ3) is 4.02. The number of primary amides is 1. The Morgan fingerprint density at radius 1 is 1.19 bits per heavy atom. The zero-order valence-electron chi connectivity index (χ0n) is 14.1. The van der Waals surface area contributed by atoms with Crippen LogP contribution in [0.4, 0.5) is 10.1 Å². The van der Waals surface area contributed by atoms with Gasteiger partial charge in [-0.1, -0.05) is 18.2 Å². The Morgan fingerprint density at radius 3 is 2.56 bits per heavy atom. The minimum atomic E-state index is -0.816. The van der Waals surface area contributed by atoms with E-state index in [0.717, 1.165) is 10.9 Å². The van der Waals surface area contributed by atoms with E-state index in [2.05, 4.69) is 5.32 Å². The van der Waals surface area contributed by atoms with E-state index < -0.39 is 5.91 Å². The van der Waals surface area contributed by atoms with Crippen molar-refractivity contribution in [2.24, 2.45) is 5.73 Å². The number of halogens is 1. The number of rotatable bonds is 5. The van der Waals surface area contributed by atoms with Crippen molar-refractivity contribution in [1.29, 1.82) is 5.26 Å². The molecule has 6 nitrogen and oxygen atoms in total. The molecule has 3 rings (SSSR count). The minimum absolute atomic E-state index is 0.00415. The summed E-state index contributed by atoms with van der Waals surface area (Å²) >= 11 is 0. The van der Waals surface area contributed by atoms with Gasteiger partial charge in [-0.3, -0.25) is 9.59 Å². The first-order chi connectivity index (χ1) is 13.0. The van der Waals surface area contributed by atoms with Crippen molar-refractivity contribution >= 4 is 34.5 Å². The van der Waals surface area contributed by atoms with Gasteiger partial charge in [-0.25, -0.2) is 4.39 Å². The van der Waals surface area contributed by atoms with Crippen LogP contribution in [0.2, 0.25) is 0 Å². The normalized spacial score (nSPS) is 11.2. The molecule has 2 aromatic carbocycles. The number of anilines is 1. The van der Waals surface area contributed by atoms with Gasteiger partial charge in [0.25, 0.3) is 5.91 Å². The summed E-state index contributed by atoms with van der Waals surface area (Å²) in [4.78, 5) is 23.7. The lowest BCUT2D eigenvalue weighted by Gasteiger charge is -2.07. The fourth-order valence-corrected chi connectivity index (χ4v) is 2.72. The molecule has 0 aliphatic rings. The second-order valence-electron chi connectivity index (χ2n) is 5.82. The highest BCUT2D eigenvalue weighted by atomic mass is 19.1. The van der Waals surface area contributed by atoms with Gasteiger partial charge in [0.05, 0.1) is 0 Å². The molecule has 27 heavy (non-hydrogen) atoms. The molecule has 7 heteroatoms. The molecule has 0 fully saturated rings. The molecule has 0 saturated carbocycles. The average molecular weight is 362 g/mol. The molecule has 0 saturated heterocycles. The minimum Gasteiger partial charge on any atom is -0.365 e. The van der Waals surface area contributed by atoms with Crippen LogP contribution in [0.15, 0.2) is 60.3 Å². The van der Waals surface area contributed by atoms with Crippen LogP contribution >= 0.6 is 0 Å². The number of carbonyl (C=O) groups is 2. The summed E-state index contributed by atoms with van der Waals surface area (Å²) in [6.45, 7) is 0.00415. The van der Waals surface area contributed by atoms with E-state index in [1.807, 2.05) is 24.3 Å². The highest BCUT2D eigenvalue weighted by molar-refractivity contribution is 6.03. The van der Waals surface area contributed by atoms with Crippen LogP contribution in [-0.4, -0.2) is 16.4 Å². The molecule has 0 aliphatic heterocycles. The van der Waals surface area contributed by atoms with Crippen LogP contribution in [0.25, 0.3) is 17.0 Å². The number of nitrogens with one attached hydrogen (secondary N) is 1. The van der Waals surface area contributed by atoms with Gasteiger partial charge in [0.15, 0.2) is 0 Å². The molecule has 0 aliphatic carbocycles. The molecule has 0 unspecified atom stereocenters. The zero-order valence-corrected chi connectivity index (χ0v) is 14.1. The number of carbonyl (C=O) groups excluding carboxylic acids is 2. The van der Waals surface area contributed by atoms with Gasteiger partial charge in [0.1, 0.15) is 24.0 Å². The number of hydrogen-bond donors (Lipinski definition) is 2. The summed E-state index contributed by atoms with van der Waals surface area (Å²) in [7, 11) is 0.